The molecule has 2 aliphatic heterocycles. The van der Waals surface area contributed by atoms with Crippen LogP contribution in [-0.2, 0) is 14.6 Å². The third kappa shape index (κ3) is 4.15. The molecule has 0 unspecified atom stereocenters. The molecular weight excluding hydrogens is 338 g/mol. The molecule has 0 saturated carbocycles. The molecule has 1 N–H and O–H groups in total. The second-order valence-corrected chi connectivity index (χ2v) is 9.44. The van der Waals surface area contributed by atoms with Crippen molar-refractivity contribution in [3.05, 3.63) is 30.3 Å². The predicted molar refractivity (Wildman–Crippen MR) is 98.6 cm³/mol. The van der Waals surface area contributed by atoms with Gasteiger partial charge in [-0.05, 0) is 25.5 Å². The number of hydrogen-bond acceptors (Lipinski definition) is 4. The summed E-state index contributed by atoms with van der Waals surface area (Å²) in [5, 5.41) is 0. The van der Waals surface area contributed by atoms with Crippen molar-refractivity contribution in [2.75, 3.05) is 49.6 Å². The summed E-state index contributed by atoms with van der Waals surface area (Å²) in [6.07, 6.45) is 0.564. The first kappa shape index (κ1) is 18.2. The van der Waals surface area contributed by atoms with E-state index in [9.17, 15) is 13.2 Å². The summed E-state index contributed by atoms with van der Waals surface area (Å²) < 4.78 is 23.3. The van der Waals surface area contributed by atoms with Gasteiger partial charge in [0.1, 0.15) is 0 Å². The Labute approximate surface area is 150 Å². The highest BCUT2D eigenvalue weighted by atomic mass is 32.2. The summed E-state index contributed by atoms with van der Waals surface area (Å²) in [6, 6.07) is 10.1. The number of carbonyl (C=O) groups excluding carboxylic acids is 1. The minimum Gasteiger partial charge on any atom is -0.360 e. The van der Waals surface area contributed by atoms with Crippen molar-refractivity contribution in [2.24, 2.45) is 0 Å². The van der Waals surface area contributed by atoms with Crippen LogP contribution in [0.1, 0.15) is 13.3 Å². The van der Waals surface area contributed by atoms with Crippen LogP contribution in [0.4, 0.5) is 5.69 Å². The minimum atomic E-state index is -2.97. The Hall–Kier alpha value is -1.60. The molecule has 0 radical (unpaired) electrons. The lowest BCUT2D eigenvalue weighted by Crippen LogP contribution is -3.19. The standard InChI is InChI=1S/C18H27N3O3S/c1-15(18(22)19(2)17-8-13-25(23,24)14-17)20-9-11-21(12-10-20)16-6-4-3-5-7-16/h3-7,15,17H,8-14H2,1-2H3/p+1/t15-,17+/m1/s1. The minimum absolute atomic E-state index is 0.0604. The summed E-state index contributed by atoms with van der Waals surface area (Å²) in [5.74, 6) is 0.371. The fraction of sp³-hybridized carbons (Fsp3) is 0.611. The van der Waals surface area contributed by atoms with Crippen molar-refractivity contribution < 1.29 is 18.1 Å². The van der Waals surface area contributed by atoms with Crippen LogP contribution in [0.25, 0.3) is 0 Å². The van der Waals surface area contributed by atoms with Gasteiger partial charge in [-0.2, -0.15) is 0 Å². The highest BCUT2D eigenvalue weighted by molar-refractivity contribution is 7.91. The van der Waals surface area contributed by atoms with E-state index >= 15 is 0 Å². The number of benzene rings is 1. The zero-order valence-electron chi connectivity index (χ0n) is 15.0. The maximum atomic E-state index is 12.8. The molecule has 0 spiro atoms. The average Bonchev–Trinajstić information content (AvgIpc) is 3.00. The maximum Gasteiger partial charge on any atom is 0.280 e. The summed E-state index contributed by atoms with van der Waals surface area (Å²) in [7, 11) is -1.22. The van der Waals surface area contributed by atoms with Crippen LogP contribution in [0.5, 0.6) is 0 Å². The first-order chi connectivity index (χ1) is 11.9. The van der Waals surface area contributed by atoms with Gasteiger partial charge < -0.3 is 14.7 Å². The number of carbonyl (C=O) groups is 1. The Balaban J connectivity index is 1.55. The number of hydrogen-bond donors (Lipinski definition) is 1. The Morgan fingerprint density at radius 1 is 1.24 bits per heavy atom. The molecule has 1 amide bonds. The van der Waals surface area contributed by atoms with Gasteiger partial charge in [-0.15, -0.1) is 0 Å². The van der Waals surface area contributed by atoms with Gasteiger partial charge in [-0.1, -0.05) is 18.2 Å². The number of para-hydroxylation sites is 1. The van der Waals surface area contributed by atoms with Crippen LogP contribution in [0.3, 0.4) is 0 Å². The number of nitrogens with zero attached hydrogens (tertiary/aromatic N) is 2. The lowest BCUT2D eigenvalue weighted by molar-refractivity contribution is -0.915. The van der Waals surface area contributed by atoms with Crippen LogP contribution in [-0.4, -0.2) is 76.0 Å². The Kier molecular flexibility index (Phi) is 5.34. The van der Waals surface area contributed by atoms with E-state index in [0.29, 0.717) is 6.42 Å². The Bertz CT molecular complexity index is 700. The van der Waals surface area contributed by atoms with Gasteiger partial charge in [0.2, 0.25) is 0 Å². The SMILES string of the molecule is C[C@H](C(=O)N(C)[C@H]1CCS(=O)(=O)C1)[NH+]1CCN(c2ccccc2)CC1. The van der Waals surface area contributed by atoms with Crippen molar-refractivity contribution in [3.8, 4) is 0 Å². The van der Waals surface area contributed by atoms with Crippen LogP contribution in [0.15, 0.2) is 30.3 Å². The number of piperazine rings is 1. The molecule has 0 aromatic heterocycles. The first-order valence-corrected chi connectivity index (χ1v) is 10.8. The van der Waals surface area contributed by atoms with E-state index in [1.165, 1.54) is 10.6 Å². The predicted octanol–water partition coefficient (Wildman–Crippen LogP) is -0.574. The lowest BCUT2D eigenvalue weighted by Gasteiger charge is -2.37. The highest BCUT2D eigenvalue weighted by Gasteiger charge is 2.37. The molecule has 6 nitrogen and oxygen atoms in total. The van der Waals surface area contributed by atoms with Crippen LogP contribution in [0, 0.1) is 0 Å². The monoisotopic (exact) mass is 366 g/mol. The van der Waals surface area contributed by atoms with Gasteiger partial charge in [0.05, 0.1) is 37.7 Å². The van der Waals surface area contributed by atoms with E-state index in [1.54, 1.807) is 11.9 Å². The first-order valence-electron chi connectivity index (χ1n) is 8.99. The zero-order valence-corrected chi connectivity index (χ0v) is 15.8. The molecule has 1 aromatic carbocycles. The second kappa shape index (κ2) is 7.33. The van der Waals surface area contributed by atoms with Crippen molar-refractivity contribution in [2.45, 2.75) is 25.4 Å². The van der Waals surface area contributed by atoms with Gasteiger partial charge in [-0.3, -0.25) is 4.79 Å². The molecule has 7 heteroatoms. The van der Waals surface area contributed by atoms with Crippen LogP contribution < -0.4 is 9.80 Å². The summed E-state index contributed by atoms with van der Waals surface area (Å²) in [5.41, 5.74) is 1.23. The van der Waals surface area contributed by atoms with Gasteiger partial charge in [0.15, 0.2) is 15.9 Å². The van der Waals surface area contributed by atoms with Crippen molar-refractivity contribution in [3.63, 3.8) is 0 Å². The van der Waals surface area contributed by atoms with Crippen LogP contribution >= 0.6 is 0 Å². The number of quaternary nitrogens is 1. The highest BCUT2D eigenvalue weighted by Crippen LogP contribution is 2.17. The third-order valence-electron chi connectivity index (χ3n) is 5.61. The number of likely N-dealkylation sites (N-methyl/N-ethyl adjacent to an activating group) is 1. The summed E-state index contributed by atoms with van der Waals surface area (Å²) >= 11 is 0. The van der Waals surface area contributed by atoms with Gasteiger partial charge in [0, 0.05) is 18.8 Å². The molecule has 2 fully saturated rings. The number of rotatable bonds is 4. The molecule has 0 bridgehead atoms. The van der Waals surface area contributed by atoms with Crippen LogP contribution in [0.2, 0.25) is 0 Å². The number of sulfone groups is 1. The van der Waals surface area contributed by atoms with Gasteiger partial charge in [-0.25, -0.2) is 8.42 Å². The fourth-order valence-electron chi connectivity index (χ4n) is 3.86. The Morgan fingerprint density at radius 3 is 2.44 bits per heavy atom. The molecule has 2 atom stereocenters. The second-order valence-electron chi connectivity index (χ2n) is 7.21. The quantitative estimate of drug-likeness (QED) is 0.775. The van der Waals surface area contributed by atoms with E-state index < -0.39 is 9.84 Å². The number of nitrogens with one attached hydrogen (secondary N) is 1. The molecule has 2 saturated heterocycles. The average molecular weight is 367 g/mol. The number of anilines is 1. The molecule has 3 rings (SSSR count). The molecule has 25 heavy (non-hydrogen) atoms. The van der Waals surface area contributed by atoms with Gasteiger partial charge >= 0.3 is 0 Å². The van der Waals surface area contributed by atoms with E-state index in [1.807, 2.05) is 25.1 Å². The van der Waals surface area contributed by atoms with Crippen molar-refractivity contribution >= 4 is 21.4 Å². The summed E-state index contributed by atoms with van der Waals surface area (Å²) in [4.78, 5) is 18.1. The zero-order chi connectivity index (χ0) is 18.0. The fourth-order valence-corrected chi connectivity index (χ4v) is 5.64. The smallest absolute Gasteiger partial charge is 0.280 e. The van der Waals surface area contributed by atoms with Crippen molar-refractivity contribution in [1.82, 2.24) is 4.90 Å². The Morgan fingerprint density at radius 2 is 1.88 bits per heavy atom. The largest absolute Gasteiger partial charge is 0.360 e. The molecule has 2 aliphatic rings. The summed E-state index contributed by atoms with van der Waals surface area (Å²) in [6.45, 7) is 5.66. The molecular formula is C18H28N3O3S+. The van der Waals surface area contributed by atoms with E-state index in [-0.39, 0.29) is 29.5 Å². The molecule has 2 heterocycles. The molecule has 1 aromatic rings. The maximum absolute atomic E-state index is 12.8. The topological polar surface area (TPSA) is 62.1 Å². The third-order valence-corrected chi connectivity index (χ3v) is 7.36. The van der Waals surface area contributed by atoms with Gasteiger partial charge in [0.25, 0.3) is 5.91 Å². The lowest BCUT2D eigenvalue weighted by atomic mass is 10.1. The van der Waals surface area contributed by atoms with Crippen molar-refractivity contribution in [1.29, 1.82) is 0 Å². The number of amides is 1. The normalized spacial score (nSPS) is 24.9. The molecule has 0 aliphatic carbocycles. The van der Waals surface area contributed by atoms with E-state index in [2.05, 4.69) is 17.0 Å². The van der Waals surface area contributed by atoms with E-state index in [0.717, 1.165) is 26.2 Å². The molecule has 138 valence electrons. The van der Waals surface area contributed by atoms with E-state index in [4.69, 9.17) is 0 Å².